The predicted octanol–water partition coefficient (Wildman–Crippen LogP) is 3.59. The van der Waals surface area contributed by atoms with Gasteiger partial charge in [0.1, 0.15) is 11.1 Å². The largest absolute Gasteiger partial charge is 0.352 e. The first kappa shape index (κ1) is 23.7. The molecule has 0 aliphatic heterocycles. The number of rotatable bonds is 9. The number of nitrogens with zero attached hydrogens (tertiary/aromatic N) is 3. The molecule has 7 heteroatoms. The van der Waals surface area contributed by atoms with Crippen LogP contribution in [0.15, 0.2) is 41.6 Å². The first-order valence-corrected chi connectivity index (χ1v) is 11.7. The molecule has 1 saturated carbocycles. The Kier molecular flexibility index (Phi) is 8.59. The molecular weight excluding hydrogens is 404 g/mol. The summed E-state index contributed by atoms with van der Waals surface area (Å²) in [6.07, 6.45) is 12.8. The molecule has 0 atom stereocenters. The van der Waals surface area contributed by atoms with Gasteiger partial charge in [-0.1, -0.05) is 38.7 Å². The van der Waals surface area contributed by atoms with Crippen LogP contribution in [-0.2, 0) is 6.42 Å². The third-order valence-corrected chi connectivity index (χ3v) is 6.11. The third kappa shape index (κ3) is 6.05. The summed E-state index contributed by atoms with van der Waals surface area (Å²) >= 11 is 0. The number of pyridine rings is 2. The van der Waals surface area contributed by atoms with Crippen molar-refractivity contribution >= 4 is 11.8 Å². The van der Waals surface area contributed by atoms with Crippen molar-refractivity contribution in [2.75, 3.05) is 20.1 Å². The van der Waals surface area contributed by atoms with Crippen molar-refractivity contribution in [1.29, 1.82) is 0 Å². The van der Waals surface area contributed by atoms with Gasteiger partial charge in [-0.05, 0) is 31.4 Å². The van der Waals surface area contributed by atoms with E-state index in [0.29, 0.717) is 19.5 Å². The van der Waals surface area contributed by atoms with Crippen LogP contribution in [0.3, 0.4) is 0 Å². The quantitative estimate of drug-likeness (QED) is 0.607. The van der Waals surface area contributed by atoms with Gasteiger partial charge in [0.2, 0.25) is 5.43 Å². The van der Waals surface area contributed by atoms with Gasteiger partial charge >= 0.3 is 0 Å². The topological polar surface area (TPSA) is 84.3 Å². The van der Waals surface area contributed by atoms with E-state index >= 15 is 0 Å². The van der Waals surface area contributed by atoms with E-state index in [1.165, 1.54) is 11.3 Å². The van der Waals surface area contributed by atoms with Gasteiger partial charge < -0.3 is 14.8 Å². The van der Waals surface area contributed by atoms with Gasteiger partial charge in [0.05, 0.1) is 0 Å². The summed E-state index contributed by atoms with van der Waals surface area (Å²) in [5.74, 6) is -0.766. The molecule has 0 spiro atoms. The number of hydrogen-bond donors (Lipinski definition) is 1. The number of hydrogen-bond acceptors (Lipinski definition) is 4. The maximum atomic E-state index is 13.2. The van der Waals surface area contributed by atoms with Gasteiger partial charge in [-0.3, -0.25) is 19.4 Å². The summed E-state index contributed by atoms with van der Waals surface area (Å²) < 4.78 is 1.93. The second-order valence-corrected chi connectivity index (χ2v) is 8.56. The zero-order valence-electron chi connectivity index (χ0n) is 19.2. The Morgan fingerprint density at radius 1 is 1.16 bits per heavy atom. The molecule has 0 aromatic carbocycles. The van der Waals surface area contributed by atoms with Crippen LogP contribution in [0.1, 0.15) is 84.3 Å². The van der Waals surface area contributed by atoms with Crippen molar-refractivity contribution in [1.82, 2.24) is 19.8 Å². The molecule has 2 aromatic rings. The Hall–Kier alpha value is -2.96. The van der Waals surface area contributed by atoms with Crippen LogP contribution in [-0.4, -0.2) is 46.4 Å². The molecule has 1 aliphatic rings. The van der Waals surface area contributed by atoms with E-state index in [4.69, 9.17) is 0 Å². The number of amides is 2. The Morgan fingerprint density at radius 3 is 2.59 bits per heavy atom. The Bertz CT molecular complexity index is 965. The van der Waals surface area contributed by atoms with Gasteiger partial charge in [0.25, 0.3) is 11.8 Å². The lowest BCUT2D eigenvalue weighted by Crippen LogP contribution is -2.37. The molecule has 1 fully saturated rings. The predicted molar refractivity (Wildman–Crippen MR) is 125 cm³/mol. The number of aromatic nitrogens is 2. The molecule has 7 nitrogen and oxygen atoms in total. The van der Waals surface area contributed by atoms with Crippen molar-refractivity contribution < 1.29 is 9.59 Å². The van der Waals surface area contributed by atoms with E-state index in [-0.39, 0.29) is 23.1 Å². The van der Waals surface area contributed by atoms with Crippen LogP contribution in [0.5, 0.6) is 0 Å². The molecule has 2 heterocycles. The van der Waals surface area contributed by atoms with Crippen molar-refractivity contribution in [2.24, 2.45) is 0 Å². The van der Waals surface area contributed by atoms with E-state index in [9.17, 15) is 14.4 Å². The molecular formula is C25H34N4O3. The van der Waals surface area contributed by atoms with Crippen LogP contribution in [0.2, 0.25) is 0 Å². The van der Waals surface area contributed by atoms with Crippen molar-refractivity contribution in [3.8, 4) is 0 Å². The number of carbonyl (C=O) groups is 2. The third-order valence-electron chi connectivity index (χ3n) is 6.11. The summed E-state index contributed by atoms with van der Waals surface area (Å²) in [6.45, 7) is 2.99. The first-order chi connectivity index (χ1) is 15.5. The molecule has 0 unspecified atom stereocenters. The standard InChI is InChI=1S/C25H34N4O3/c1-3-4-14-27-24(31)21-17-29(20-11-6-5-7-12-20)18-22(23(21)30)25(32)28(2)16-13-19-10-8-9-15-26-19/h8-10,15,17-18,20H,3-7,11-14,16H2,1-2H3,(H,27,31). The Morgan fingerprint density at radius 2 is 1.91 bits per heavy atom. The lowest BCUT2D eigenvalue weighted by molar-refractivity contribution is 0.0793. The summed E-state index contributed by atoms with van der Waals surface area (Å²) in [5, 5.41) is 2.83. The maximum Gasteiger partial charge on any atom is 0.259 e. The molecule has 0 radical (unpaired) electrons. The second-order valence-electron chi connectivity index (χ2n) is 8.56. The van der Waals surface area contributed by atoms with E-state index in [0.717, 1.165) is 44.2 Å². The van der Waals surface area contributed by atoms with E-state index in [2.05, 4.69) is 10.3 Å². The minimum atomic E-state index is -0.499. The van der Waals surface area contributed by atoms with Gasteiger partial charge in [0.15, 0.2) is 0 Å². The Labute approximate surface area is 189 Å². The monoisotopic (exact) mass is 438 g/mol. The number of unbranched alkanes of at least 4 members (excludes halogenated alkanes) is 1. The van der Waals surface area contributed by atoms with Crippen LogP contribution in [0, 0.1) is 0 Å². The van der Waals surface area contributed by atoms with Crippen molar-refractivity contribution in [2.45, 2.75) is 64.3 Å². The fraction of sp³-hybridized carbons (Fsp3) is 0.520. The fourth-order valence-corrected chi connectivity index (χ4v) is 4.11. The van der Waals surface area contributed by atoms with Crippen LogP contribution in [0.25, 0.3) is 0 Å². The van der Waals surface area contributed by atoms with E-state index in [1.54, 1.807) is 25.6 Å². The highest BCUT2D eigenvalue weighted by Crippen LogP contribution is 2.28. The zero-order valence-corrected chi connectivity index (χ0v) is 19.2. The fourth-order valence-electron chi connectivity index (χ4n) is 4.11. The summed E-state index contributed by atoms with van der Waals surface area (Å²) in [4.78, 5) is 45.0. The average molecular weight is 439 g/mol. The SMILES string of the molecule is CCCCNC(=O)c1cn(C2CCCCC2)cc(C(=O)N(C)CCc2ccccn2)c1=O. The van der Waals surface area contributed by atoms with E-state index < -0.39 is 11.3 Å². The zero-order chi connectivity index (χ0) is 22.9. The van der Waals surface area contributed by atoms with Crippen LogP contribution < -0.4 is 10.7 Å². The molecule has 2 aromatic heterocycles. The van der Waals surface area contributed by atoms with Crippen molar-refractivity contribution in [3.05, 3.63) is 63.8 Å². The lowest BCUT2D eigenvalue weighted by atomic mass is 9.95. The molecule has 1 aliphatic carbocycles. The first-order valence-electron chi connectivity index (χ1n) is 11.7. The maximum absolute atomic E-state index is 13.2. The normalized spacial score (nSPS) is 14.2. The smallest absolute Gasteiger partial charge is 0.259 e. The van der Waals surface area contributed by atoms with Gasteiger partial charge in [-0.15, -0.1) is 0 Å². The number of likely N-dealkylation sites (N-methyl/N-ethyl adjacent to an activating group) is 1. The van der Waals surface area contributed by atoms with Crippen LogP contribution >= 0.6 is 0 Å². The molecule has 172 valence electrons. The minimum Gasteiger partial charge on any atom is -0.352 e. The molecule has 0 bridgehead atoms. The lowest BCUT2D eigenvalue weighted by Gasteiger charge is -2.26. The summed E-state index contributed by atoms with van der Waals surface area (Å²) in [5.41, 5.74) is 0.495. The molecule has 2 amide bonds. The molecule has 3 rings (SSSR count). The van der Waals surface area contributed by atoms with Gasteiger partial charge in [0, 0.05) is 56.9 Å². The Balaban J connectivity index is 1.86. The second kappa shape index (κ2) is 11.6. The molecule has 1 N–H and O–H groups in total. The van der Waals surface area contributed by atoms with Crippen LogP contribution in [0.4, 0.5) is 0 Å². The molecule has 0 saturated heterocycles. The van der Waals surface area contributed by atoms with Crippen molar-refractivity contribution in [3.63, 3.8) is 0 Å². The summed E-state index contributed by atoms with van der Waals surface area (Å²) in [7, 11) is 1.68. The molecule has 32 heavy (non-hydrogen) atoms. The highest BCUT2D eigenvalue weighted by atomic mass is 16.2. The highest BCUT2D eigenvalue weighted by Gasteiger charge is 2.24. The number of carbonyl (C=O) groups excluding carboxylic acids is 2. The number of nitrogens with one attached hydrogen (secondary N) is 1. The van der Waals surface area contributed by atoms with Gasteiger partial charge in [-0.2, -0.15) is 0 Å². The summed E-state index contributed by atoms with van der Waals surface area (Å²) in [6, 6.07) is 5.88. The highest BCUT2D eigenvalue weighted by molar-refractivity contribution is 5.99. The average Bonchev–Trinajstić information content (AvgIpc) is 2.83. The van der Waals surface area contributed by atoms with Gasteiger partial charge in [-0.25, -0.2) is 0 Å². The van der Waals surface area contributed by atoms with E-state index in [1.807, 2.05) is 29.7 Å². The minimum absolute atomic E-state index is 0.0515.